The predicted octanol–water partition coefficient (Wildman–Crippen LogP) is 2.59. The maximum Gasteiger partial charge on any atom is 0.335 e. The summed E-state index contributed by atoms with van der Waals surface area (Å²) in [5.74, 6) is -0.494. The Kier molecular flexibility index (Phi) is 11.2. The number of aldehydes is 1. The van der Waals surface area contributed by atoms with Crippen molar-refractivity contribution in [1.82, 2.24) is 5.09 Å². The lowest BCUT2D eigenvalue weighted by molar-refractivity contribution is -0.152. The maximum absolute atomic E-state index is 12.1. The first kappa shape index (κ1) is 21.7. The molecule has 0 aliphatic carbocycles. The predicted molar refractivity (Wildman–Crippen MR) is 94.8 cm³/mol. The van der Waals surface area contributed by atoms with Gasteiger partial charge in [0, 0.05) is 7.11 Å². The van der Waals surface area contributed by atoms with Gasteiger partial charge in [0.1, 0.15) is 12.9 Å². The molecule has 1 rings (SSSR count). The van der Waals surface area contributed by atoms with Crippen LogP contribution in [0.25, 0.3) is 0 Å². The number of ether oxygens (including phenoxy) is 2. The number of nitrogens with one attached hydrogen (secondary N) is 1. The van der Waals surface area contributed by atoms with Crippen LogP contribution in [0.3, 0.4) is 0 Å². The van der Waals surface area contributed by atoms with Crippen LogP contribution in [-0.2, 0) is 34.7 Å². The molecule has 1 aromatic carbocycles. The van der Waals surface area contributed by atoms with Gasteiger partial charge >= 0.3 is 5.97 Å². The monoisotopic (exact) mass is 371 g/mol. The number of carbonyl (C=O) groups excluding carboxylic acids is 2. The topological polar surface area (TPSA) is 83.1 Å². The largest absolute Gasteiger partial charge is 0.459 e. The Labute approximate surface area is 150 Å². The fourth-order valence-electron chi connectivity index (χ4n) is 1.76. The molecular formula is C17H26NO6P. The van der Waals surface area contributed by atoms with Crippen molar-refractivity contribution in [2.24, 2.45) is 0 Å². The molecule has 0 heterocycles. The lowest BCUT2D eigenvalue weighted by Crippen LogP contribution is -2.26. The van der Waals surface area contributed by atoms with Crippen molar-refractivity contribution < 1.29 is 28.1 Å². The Morgan fingerprint density at radius 1 is 1.32 bits per heavy atom. The Hall–Kier alpha value is -1.37. The first-order valence-electron chi connectivity index (χ1n) is 8.11. The highest BCUT2D eigenvalue weighted by atomic mass is 31.2. The first-order valence-corrected chi connectivity index (χ1v) is 9.28. The van der Waals surface area contributed by atoms with Crippen molar-refractivity contribution in [3.8, 4) is 0 Å². The normalized spacial score (nSPS) is 14.5. The molecule has 0 spiro atoms. The van der Waals surface area contributed by atoms with E-state index in [9.17, 15) is 9.59 Å². The molecule has 8 heteroatoms. The highest BCUT2D eigenvalue weighted by Crippen LogP contribution is 2.35. The zero-order valence-electron chi connectivity index (χ0n) is 14.8. The molecule has 140 valence electrons. The van der Waals surface area contributed by atoms with Gasteiger partial charge in [0.15, 0.2) is 6.10 Å². The quantitative estimate of drug-likeness (QED) is 0.324. The molecule has 0 aliphatic heterocycles. The minimum absolute atomic E-state index is 0.0707. The first-order chi connectivity index (χ1) is 12.1. The van der Waals surface area contributed by atoms with E-state index in [4.69, 9.17) is 18.5 Å². The van der Waals surface area contributed by atoms with Gasteiger partial charge in [-0.05, 0) is 18.9 Å². The van der Waals surface area contributed by atoms with E-state index in [0.717, 1.165) is 12.0 Å². The second-order valence-electron chi connectivity index (χ2n) is 5.19. The maximum atomic E-state index is 12.1. The summed E-state index contributed by atoms with van der Waals surface area (Å²) < 4.78 is 21.7. The SMILES string of the molecule is CCC(COP(NCC=O)OC(C)C(=O)OCc1ccccc1)OC. The zero-order valence-corrected chi connectivity index (χ0v) is 15.7. The second-order valence-corrected chi connectivity index (χ2v) is 6.49. The van der Waals surface area contributed by atoms with Crippen LogP contribution in [0.2, 0.25) is 0 Å². The third-order valence-electron chi connectivity index (χ3n) is 3.28. The standard InChI is InChI=1S/C17H26NO6P/c1-4-16(21-3)13-23-25(18-10-11-19)24-14(2)17(20)22-12-15-8-6-5-7-9-15/h5-9,11,14,16,18H,4,10,12-13H2,1-3H3. The van der Waals surface area contributed by atoms with Crippen LogP contribution in [0.5, 0.6) is 0 Å². The van der Waals surface area contributed by atoms with Gasteiger partial charge in [-0.15, -0.1) is 0 Å². The van der Waals surface area contributed by atoms with E-state index in [1.54, 1.807) is 14.0 Å². The van der Waals surface area contributed by atoms with E-state index < -0.39 is 20.6 Å². The van der Waals surface area contributed by atoms with Crippen molar-refractivity contribution in [2.45, 2.75) is 39.1 Å². The minimum atomic E-state index is -1.61. The Morgan fingerprint density at radius 3 is 2.64 bits per heavy atom. The van der Waals surface area contributed by atoms with Crippen LogP contribution < -0.4 is 5.09 Å². The summed E-state index contributed by atoms with van der Waals surface area (Å²) in [4.78, 5) is 22.6. The average Bonchev–Trinajstić information content (AvgIpc) is 2.65. The van der Waals surface area contributed by atoms with E-state index in [1.165, 1.54) is 0 Å². The van der Waals surface area contributed by atoms with Crippen LogP contribution in [0.15, 0.2) is 30.3 Å². The van der Waals surface area contributed by atoms with E-state index in [-0.39, 0.29) is 19.3 Å². The Bertz CT molecular complexity index is 497. The minimum Gasteiger partial charge on any atom is -0.459 e. The lowest BCUT2D eigenvalue weighted by Gasteiger charge is -2.22. The molecule has 0 saturated heterocycles. The molecule has 1 N–H and O–H groups in total. The number of hydrogen-bond acceptors (Lipinski definition) is 7. The fourth-order valence-corrected chi connectivity index (χ4v) is 2.89. The van der Waals surface area contributed by atoms with Crippen molar-refractivity contribution in [1.29, 1.82) is 0 Å². The van der Waals surface area contributed by atoms with Gasteiger partial charge in [-0.1, -0.05) is 37.3 Å². The number of hydrogen-bond donors (Lipinski definition) is 1. The highest BCUT2D eigenvalue weighted by molar-refractivity contribution is 7.45. The van der Waals surface area contributed by atoms with Crippen LogP contribution in [0.1, 0.15) is 25.8 Å². The third kappa shape index (κ3) is 9.05. The summed E-state index contributed by atoms with van der Waals surface area (Å²) in [7, 11) is -0.00915. The van der Waals surface area contributed by atoms with Crippen molar-refractivity contribution >= 4 is 20.8 Å². The smallest absolute Gasteiger partial charge is 0.335 e. The molecule has 1 aromatic rings. The van der Waals surface area contributed by atoms with E-state index in [2.05, 4.69) is 5.09 Å². The van der Waals surface area contributed by atoms with Gasteiger partial charge in [0.25, 0.3) is 8.53 Å². The number of esters is 1. The molecule has 0 radical (unpaired) electrons. The van der Waals surface area contributed by atoms with Gasteiger partial charge in [-0.3, -0.25) is 0 Å². The van der Waals surface area contributed by atoms with E-state index in [1.807, 2.05) is 37.3 Å². The zero-order chi connectivity index (χ0) is 18.5. The second kappa shape index (κ2) is 12.9. The van der Waals surface area contributed by atoms with Gasteiger partial charge in [-0.2, -0.15) is 0 Å². The molecule has 25 heavy (non-hydrogen) atoms. The summed E-state index contributed by atoms with van der Waals surface area (Å²) >= 11 is 0. The van der Waals surface area contributed by atoms with Crippen molar-refractivity contribution in [2.75, 3.05) is 20.3 Å². The Morgan fingerprint density at radius 2 is 2.04 bits per heavy atom. The number of carbonyl (C=O) groups is 2. The van der Waals surface area contributed by atoms with Crippen LogP contribution in [-0.4, -0.2) is 44.7 Å². The summed E-state index contributed by atoms with van der Waals surface area (Å²) in [6, 6.07) is 9.38. The molecule has 3 unspecified atom stereocenters. The molecule has 0 fully saturated rings. The molecule has 0 aromatic heterocycles. The molecule has 0 aliphatic rings. The Balaban J connectivity index is 2.46. The molecule has 3 atom stereocenters. The summed E-state index contributed by atoms with van der Waals surface area (Å²) in [6.45, 7) is 4.11. The molecule has 0 amide bonds. The van der Waals surface area contributed by atoms with Crippen LogP contribution in [0, 0.1) is 0 Å². The van der Waals surface area contributed by atoms with Crippen LogP contribution in [0.4, 0.5) is 0 Å². The van der Waals surface area contributed by atoms with Gasteiger partial charge in [-0.25, -0.2) is 9.88 Å². The molecular weight excluding hydrogens is 345 g/mol. The average molecular weight is 371 g/mol. The number of benzene rings is 1. The number of rotatable bonds is 13. The van der Waals surface area contributed by atoms with Crippen LogP contribution >= 0.6 is 8.53 Å². The van der Waals surface area contributed by atoms with E-state index in [0.29, 0.717) is 12.9 Å². The molecule has 0 bridgehead atoms. The summed E-state index contributed by atoms with van der Waals surface area (Å²) in [5, 5.41) is 2.82. The number of methoxy groups -OCH3 is 1. The van der Waals surface area contributed by atoms with Gasteiger partial charge in [0.05, 0.1) is 19.3 Å². The summed E-state index contributed by atoms with van der Waals surface area (Å²) in [6.07, 6.45) is 0.583. The van der Waals surface area contributed by atoms with Crippen molar-refractivity contribution in [3.63, 3.8) is 0 Å². The highest BCUT2D eigenvalue weighted by Gasteiger charge is 2.23. The van der Waals surface area contributed by atoms with Crippen molar-refractivity contribution in [3.05, 3.63) is 35.9 Å². The van der Waals surface area contributed by atoms with Gasteiger partial charge in [0.2, 0.25) is 0 Å². The summed E-state index contributed by atoms with van der Waals surface area (Å²) in [5.41, 5.74) is 0.895. The van der Waals surface area contributed by atoms with E-state index >= 15 is 0 Å². The fraction of sp³-hybridized carbons (Fsp3) is 0.529. The van der Waals surface area contributed by atoms with Gasteiger partial charge < -0.3 is 23.3 Å². The molecule has 0 saturated carbocycles. The molecule has 7 nitrogen and oxygen atoms in total. The lowest BCUT2D eigenvalue weighted by atomic mass is 10.2. The third-order valence-corrected chi connectivity index (χ3v) is 4.61.